The Morgan fingerprint density at radius 1 is 1.42 bits per heavy atom. The van der Waals surface area contributed by atoms with Gasteiger partial charge in [0.25, 0.3) is 5.91 Å². The fourth-order valence-corrected chi connectivity index (χ4v) is 0.863. The van der Waals surface area contributed by atoms with Crippen LogP contribution >= 0.6 is 0 Å². The van der Waals surface area contributed by atoms with Crippen molar-refractivity contribution in [2.24, 2.45) is 4.99 Å². The van der Waals surface area contributed by atoms with Gasteiger partial charge in [-0.25, -0.2) is 0 Å². The van der Waals surface area contributed by atoms with Gasteiger partial charge >= 0.3 is 0 Å². The number of hydrogen-bond donors (Lipinski definition) is 1. The zero-order valence-corrected chi connectivity index (χ0v) is 6.87. The van der Waals surface area contributed by atoms with Crippen molar-refractivity contribution in [3.63, 3.8) is 0 Å². The predicted octanol–water partition coefficient (Wildman–Crippen LogP) is 1.38. The normalized spacial score (nSPS) is 9.08. The average Bonchev–Trinajstić information content (AvgIpc) is 2.17. The van der Waals surface area contributed by atoms with Gasteiger partial charge < -0.3 is 5.32 Å². The van der Waals surface area contributed by atoms with E-state index in [2.05, 4.69) is 17.0 Å². The topological polar surface area (TPSA) is 41.5 Å². The second-order valence-electron chi connectivity index (χ2n) is 2.28. The van der Waals surface area contributed by atoms with Gasteiger partial charge in [0.15, 0.2) is 0 Å². The van der Waals surface area contributed by atoms with E-state index in [-0.39, 0.29) is 5.91 Å². The Bertz CT molecular complexity index is 290. The van der Waals surface area contributed by atoms with Crippen molar-refractivity contribution < 1.29 is 4.79 Å². The number of carbonyl (C=O) groups is 1. The van der Waals surface area contributed by atoms with Gasteiger partial charge in [-0.3, -0.25) is 9.79 Å². The van der Waals surface area contributed by atoms with Gasteiger partial charge in [0.1, 0.15) is 0 Å². The van der Waals surface area contributed by atoms with Crippen LogP contribution in [0.2, 0.25) is 0 Å². The van der Waals surface area contributed by atoms with Crippen LogP contribution in [-0.2, 0) is 0 Å². The van der Waals surface area contributed by atoms with Gasteiger partial charge in [-0.2, -0.15) is 0 Å². The molecule has 12 heavy (non-hydrogen) atoms. The lowest BCUT2D eigenvalue weighted by Crippen LogP contribution is -2.17. The summed E-state index contributed by atoms with van der Waals surface area (Å²) in [6.07, 6.45) is 0. The lowest BCUT2D eigenvalue weighted by atomic mass is 10.2. The Labute approximate surface area is 71.1 Å². The molecule has 1 rings (SSSR count). The molecule has 0 aromatic heterocycles. The zero-order valence-electron chi connectivity index (χ0n) is 6.87. The predicted molar refractivity (Wildman–Crippen MR) is 49.0 cm³/mol. The Morgan fingerprint density at radius 3 is 2.42 bits per heavy atom. The van der Waals surface area contributed by atoms with Crippen LogP contribution < -0.4 is 5.32 Å². The maximum atomic E-state index is 11.1. The number of benzene rings is 1. The van der Waals surface area contributed by atoms with E-state index in [0.29, 0.717) is 5.56 Å². The average molecular weight is 162 g/mol. The minimum absolute atomic E-state index is 0.0920. The molecule has 0 bridgehead atoms. The summed E-state index contributed by atoms with van der Waals surface area (Å²) in [5.41, 5.74) is 1.40. The Hall–Kier alpha value is -1.64. The molecule has 0 aliphatic rings. The highest BCUT2D eigenvalue weighted by molar-refractivity contribution is 5.94. The minimum atomic E-state index is -0.0920. The molecule has 0 aliphatic carbocycles. The van der Waals surface area contributed by atoms with Crippen LogP contribution in [-0.4, -0.2) is 19.7 Å². The van der Waals surface area contributed by atoms with Crippen molar-refractivity contribution in [2.75, 3.05) is 7.05 Å². The van der Waals surface area contributed by atoms with Gasteiger partial charge in [0, 0.05) is 12.6 Å². The first-order valence-corrected chi connectivity index (χ1v) is 3.57. The summed E-state index contributed by atoms with van der Waals surface area (Å²) < 4.78 is 0. The van der Waals surface area contributed by atoms with Crippen molar-refractivity contribution in [1.29, 1.82) is 0 Å². The highest BCUT2D eigenvalue weighted by Gasteiger charge is 2.00. The van der Waals surface area contributed by atoms with Crippen LogP contribution in [0.1, 0.15) is 10.4 Å². The van der Waals surface area contributed by atoms with E-state index < -0.39 is 0 Å². The molecule has 0 fully saturated rings. The molecule has 0 heterocycles. The molecule has 0 saturated heterocycles. The van der Waals surface area contributed by atoms with Crippen LogP contribution in [0.3, 0.4) is 0 Å². The molecule has 3 nitrogen and oxygen atoms in total. The molecular formula is C9H10N2O. The Kier molecular flexibility index (Phi) is 2.58. The van der Waals surface area contributed by atoms with E-state index in [4.69, 9.17) is 0 Å². The summed E-state index contributed by atoms with van der Waals surface area (Å²) in [7, 11) is 1.60. The smallest absolute Gasteiger partial charge is 0.251 e. The molecule has 0 radical (unpaired) electrons. The number of hydrogen-bond acceptors (Lipinski definition) is 2. The van der Waals surface area contributed by atoms with E-state index in [1.54, 1.807) is 31.3 Å². The number of rotatable bonds is 2. The molecule has 1 aromatic rings. The monoisotopic (exact) mass is 162 g/mol. The number of nitrogens with zero attached hydrogens (tertiary/aromatic N) is 1. The second kappa shape index (κ2) is 3.67. The summed E-state index contributed by atoms with van der Waals surface area (Å²) in [5, 5.41) is 2.53. The zero-order chi connectivity index (χ0) is 8.97. The fourth-order valence-electron chi connectivity index (χ4n) is 0.863. The Morgan fingerprint density at radius 2 is 2.00 bits per heavy atom. The van der Waals surface area contributed by atoms with Crippen LogP contribution in [0.15, 0.2) is 29.3 Å². The molecule has 0 atom stereocenters. The van der Waals surface area contributed by atoms with Crippen LogP contribution in [0.4, 0.5) is 5.69 Å². The molecule has 0 unspecified atom stereocenters. The highest BCUT2D eigenvalue weighted by atomic mass is 16.1. The van der Waals surface area contributed by atoms with E-state index in [1.807, 2.05) is 0 Å². The molecule has 0 aliphatic heterocycles. The standard InChI is InChI=1S/C9H10N2O/c1-10-8-5-3-7(4-6-8)9(12)11-2/h3-6H,1H2,2H3,(H,11,12). The number of nitrogens with one attached hydrogen (secondary N) is 1. The van der Waals surface area contributed by atoms with Gasteiger partial charge in [-0.1, -0.05) is 0 Å². The van der Waals surface area contributed by atoms with Gasteiger partial charge in [0.2, 0.25) is 0 Å². The molecule has 1 N–H and O–H groups in total. The quantitative estimate of drug-likeness (QED) is 0.656. The molecule has 1 aromatic carbocycles. The van der Waals surface area contributed by atoms with Gasteiger partial charge in [-0.15, -0.1) is 0 Å². The largest absolute Gasteiger partial charge is 0.355 e. The maximum absolute atomic E-state index is 11.1. The van der Waals surface area contributed by atoms with Gasteiger partial charge in [0.05, 0.1) is 5.69 Å². The van der Waals surface area contributed by atoms with E-state index >= 15 is 0 Å². The van der Waals surface area contributed by atoms with Crippen molar-refractivity contribution in [1.82, 2.24) is 5.32 Å². The van der Waals surface area contributed by atoms with Crippen molar-refractivity contribution in [3.8, 4) is 0 Å². The van der Waals surface area contributed by atoms with E-state index in [1.165, 1.54) is 0 Å². The maximum Gasteiger partial charge on any atom is 0.251 e. The third-order valence-electron chi connectivity index (χ3n) is 1.54. The van der Waals surface area contributed by atoms with Crippen LogP contribution in [0.5, 0.6) is 0 Å². The summed E-state index contributed by atoms with van der Waals surface area (Å²) in [6.45, 7) is 3.38. The fraction of sp³-hybridized carbons (Fsp3) is 0.111. The van der Waals surface area contributed by atoms with Crippen molar-refractivity contribution in [2.45, 2.75) is 0 Å². The summed E-state index contributed by atoms with van der Waals surface area (Å²) in [4.78, 5) is 14.8. The summed E-state index contributed by atoms with van der Waals surface area (Å²) in [5.74, 6) is -0.0920. The van der Waals surface area contributed by atoms with Crippen LogP contribution in [0, 0.1) is 0 Å². The molecule has 3 heteroatoms. The third-order valence-corrected chi connectivity index (χ3v) is 1.54. The number of carbonyl (C=O) groups excluding carboxylic acids is 1. The molecule has 0 spiro atoms. The molecular weight excluding hydrogens is 152 g/mol. The van der Waals surface area contributed by atoms with E-state index in [0.717, 1.165) is 5.69 Å². The Balaban J connectivity index is 2.91. The highest BCUT2D eigenvalue weighted by Crippen LogP contribution is 2.11. The third kappa shape index (κ3) is 1.69. The van der Waals surface area contributed by atoms with Crippen molar-refractivity contribution >= 4 is 18.3 Å². The first-order valence-electron chi connectivity index (χ1n) is 3.57. The van der Waals surface area contributed by atoms with Crippen molar-refractivity contribution in [3.05, 3.63) is 29.8 Å². The molecule has 1 amide bonds. The summed E-state index contributed by atoms with van der Waals surface area (Å²) in [6, 6.07) is 6.92. The lowest BCUT2D eigenvalue weighted by molar-refractivity contribution is 0.0963. The first-order chi connectivity index (χ1) is 5.77. The SMILES string of the molecule is C=Nc1ccc(C(=O)NC)cc1. The molecule has 62 valence electrons. The van der Waals surface area contributed by atoms with Gasteiger partial charge in [-0.05, 0) is 31.0 Å². The minimum Gasteiger partial charge on any atom is -0.355 e. The van der Waals surface area contributed by atoms with E-state index in [9.17, 15) is 4.79 Å². The second-order valence-corrected chi connectivity index (χ2v) is 2.28. The van der Waals surface area contributed by atoms with Crippen LogP contribution in [0.25, 0.3) is 0 Å². The number of amides is 1. The number of aliphatic imine (C=N–C) groups is 1. The lowest BCUT2D eigenvalue weighted by Gasteiger charge is -1.98. The first kappa shape index (κ1) is 8.46. The summed E-state index contributed by atoms with van der Waals surface area (Å²) >= 11 is 0. The molecule has 0 saturated carbocycles.